The van der Waals surface area contributed by atoms with E-state index >= 15 is 0 Å². The first-order chi connectivity index (χ1) is 16.4. The lowest BCUT2D eigenvalue weighted by atomic mass is 9.82. The molecule has 35 heavy (non-hydrogen) atoms. The Morgan fingerprint density at radius 3 is 2.09 bits per heavy atom. The zero-order chi connectivity index (χ0) is 26.4. The monoisotopic (exact) mass is 490 g/mol. The lowest BCUT2D eigenvalue weighted by molar-refractivity contribution is -0.142. The largest absolute Gasteiger partial charge is 0.507 e. The van der Waals surface area contributed by atoms with Crippen LogP contribution in [0.1, 0.15) is 77.8 Å². The standard InChI is InChI=1S/C25H27FO9/c1-6-8-12(28)15-22(32)16(19(29)9(3)23(15)34-5)17-20(30)13(10(4)27)24-14(21(17)31)11(7-2)18(26)25(33)35-24/h11,18,29-32H,6-8H2,1-5H3. The molecule has 4 N–H and O–H groups in total. The smallest absolute Gasteiger partial charge is 0.346 e. The molecule has 0 aromatic heterocycles. The number of rotatable bonds is 7. The highest BCUT2D eigenvalue weighted by Crippen LogP contribution is 2.58. The van der Waals surface area contributed by atoms with Crippen LogP contribution >= 0.6 is 0 Å². The number of methoxy groups -OCH3 is 1. The van der Waals surface area contributed by atoms with Crippen LogP contribution in [0.25, 0.3) is 11.1 Å². The van der Waals surface area contributed by atoms with Crippen LogP contribution in [0.3, 0.4) is 0 Å². The quantitative estimate of drug-likeness (QED) is 0.251. The van der Waals surface area contributed by atoms with E-state index in [1.54, 1.807) is 13.8 Å². The molecule has 2 atom stereocenters. The Morgan fingerprint density at radius 2 is 1.57 bits per heavy atom. The fourth-order valence-electron chi connectivity index (χ4n) is 4.54. The van der Waals surface area contributed by atoms with Gasteiger partial charge in [0.15, 0.2) is 17.3 Å². The van der Waals surface area contributed by atoms with Crippen molar-refractivity contribution in [1.29, 1.82) is 0 Å². The highest BCUT2D eigenvalue weighted by molar-refractivity contribution is 6.09. The van der Waals surface area contributed by atoms with Crippen molar-refractivity contribution in [1.82, 2.24) is 0 Å². The summed E-state index contributed by atoms with van der Waals surface area (Å²) >= 11 is 0. The van der Waals surface area contributed by atoms with Crippen LogP contribution in [0, 0.1) is 6.92 Å². The minimum Gasteiger partial charge on any atom is -0.507 e. The van der Waals surface area contributed by atoms with Crippen molar-refractivity contribution in [2.24, 2.45) is 0 Å². The van der Waals surface area contributed by atoms with Crippen LogP contribution in [0.15, 0.2) is 0 Å². The van der Waals surface area contributed by atoms with Gasteiger partial charge in [-0.05, 0) is 26.7 Å². The molecule has 0 spiro atoms. The molecular formula is C25H27FO9. The number of ether oxygens (including phenoxy) is 2. The normalized spacial score (nSPS) is 17.0. The van der Waals surface area contributed by atoms with Crippen LogP contribution in [-0.2, 0) is 4.79 Å². The number of phenolic OH excluding ortho intramolecular Hbond substituents is 4. The summed E-state index contributed by atoms with van der Waals surface area (Å²) in [4.78, 5) is 37.4. The molecule has 1 aliphatic heterocycles. The number of halogens is 1. The van der Waals surface area contributed by atoms with Gasteiger partial charge >= 0.3 is 5.97 Å². The number of ketones is 2. The van der Waals surface area contributed by atoms with Crippen molar-refractivity contribution in [3.8, 4) is 45.6 Å². The molecule has 3 rings (SSSR count). The van der Waals surface area contributed by atoms with Crippen LogP contribution < -0.4 is 9.47 Å². The Labute approximate surface area is 200 Å². The first kappa shape index (κ1) is 25.8. The van der Waals surface area contributed by atoms with E-state index in [2.05, 4.69) is 0 Å². The highest BCUT2D eigenvalue weighted by Gasteiger charge is 2.44. The number of fused-ring (bicyclic) bond motifs is 1. The number of esters is 1. The van der Waals surface area contributed by atoms with Crippen LogP contribution in [0.2, 0.25) is 0 Å². The summed E-state index contributed by atoms with van der Waals surface area (Å²) in [6, 6.07) is 0. The van der Waals surface area contributed by atoms with E-state index in [-0.39, 0.29) is 35.3 Å². The molecule has 0 saturated heterocycles. The predicted molar refractivity (Wildman–Crippen MR) is 123 cm³/mol. The molecule has 188 valence electrons. The van der Waals surface area contributed by atoms with Crippen molar-refractivity contribution >= 4 is 17.5 Å². The maximum absolute atomic E-state index is 14.8. The van der Waals surface area contributed by atoms with Gasteiger partial charge in [0.2, 0.25) is 6.17 Å². The van der Waals surface area contributed by atoms with E-state index in [4.69, 9.17) is 9.47 Å². The van der Waals surface area contributed by atoms with Crippen LogP contribution in [0.5, 0.6) is 34.5 Å². The van der Waals surface area contributed by atoms with Gasteiger partial charge in [0.25, 0.3) is 0 Å². The zero-order valence-electron chi connectivity index (χ0n) is 20.0. The summed E-state index contributed by atoms with van der Waals surface area (Å²) in [7, 11) is 1.24. The number of aromatic hydroxyl groups is 4. The Kier molecular flexibility index (Phi) is 6.96. The van der Waals surface area contributed by atoms with E-state index in [9.17, 15) is 39.2 Å². The van der Waals surface area contributed by atoms with Crippen molar-refractivity contribution in [2.75, 3.05) is 7.11 Å². The predicted octanol–water partition coefficient (Wildman–Crippen LogP) is 4.43. The van der Waals surface area contributed by atoms with Gasteiger partial charge < -0.3 is 29.9 Å². The van der Waals surface area contributed by atoms with Crippen molar-refractivity contribution < 1.29 is 48.7 Å². The molecule has 2 aromatic rings. The summed E-state index contributed by atoms with van der Waals surface area (Å²) < 4.78 is 25.0. The van der Waals surface area contributed by atoms with Crippen molar-refractivity contribution in [2.45, 2.75) is 59.0 Å². The first-order valence-electron chi connectivity index (χ1n) is 11.1. The number of carbonyl (C=O) groups is 3. The Bertz CT molecular complexity index is 1250. The third-order valence-electron chi connectivity index (χ3n) is 6.22. The maximum Gasteiger partial charge on any atom is 0.346 e. The maximum atomic E-state index is 14.8. The second-order valence-electron chi connectivity index (χ2n) is 8.36. The molecule has 0 saturated carbocycles. The van der Waals surface area contributed by atoms with Crippen LogP contribution in [0.4, 0.5) is 4.39 Å². The Balaban J connectivity index is 2.55. The van der Waals surface area contributed by atoms with E-state index in [1.807, 2.05) is 0 Å². The van der Waals surface area contributed by atoms with Gasteiger partial charge in [-0.25, -0.2) is 9.18 Å². The molecule has 0 radical (unpaired) electrons. The summed E-state index contributed by atoms with van der Waals surface area (Å²) in [6.45, 7) is 5.75. The molecule has 0 amide bonds. The van der Waals surface area contributed by atoms with Gasteiger partial charge in [0.05, 0.1) is 18.2 Å². The number of phenols is 4. The van der Waals surface area contributed by atoms with Gasteiger partial charge in [-0.15, -0.1) is 0 Å². The Hall–Kier alpha value is -3.82. The summed E-state index contributed by atoms with van der Waals surface area (Å²) in [5.74, 6) is -7.61. The molecule has 9 nitrogen and oxygen atoms in total. The number of carbonyl (C=O) groups excluding carboxylic acids is 3. The highest BCUT2D eigenvalue weighted by atomic mass is 19.1. The zero-order valence-corrected chi connectivity index (χ0v) is 20.0. The van der Waals surface area contributed by atoms with Gasteiger partial charge in [-0.3, -0.25) is 9.59 Å². The van der Waals surface area contributed by atoms with E-state index in [0.29, 0.717) is 6.42 Å². The molecular weight excluding hydrogens is 463 g/mol. The average Bonchev–Trinajstić information content (AvgIpc) is 2.79. The van der Waals surface area contributed by atoms with E-state index in [0.717, 1.165) is 6.92 Å². The van der Waals surface area contributed by atoms with Gasteiger partial charge in [0.1, 0.15) is 39.9 Å². The molecule has 1 aliphatic rings. The second kappa shape index (κ2) is 9.44. The SMILES string of the molecule is CCCC(=O)c1c(O)c(-c2c(O)c(C(C)=O)c3c(c2O)C(CC)C(F)C(=O)O3)c(O)c(C)c1OC. The fraction of sp³-hybridized carbons (Fsp3) is 0.400. The molecule has 10 heteroatoms. The minimum absolute atomic E-state index is 0.0121. The van der Waals surface area contributed by atoms with E-state index < -0.39 is 75.1 Å². The number of benzene rings is 2. The van der Waals surface area contributed by atoms with Crippen LogP contribution in [-0.4, -0.2) is 51.2 Å². The fourth-order valence-corrected chi connectivity index (χ4v) is 4.54. The number of hydrogen-bond donors (Lipinski definition) is 4. The number of alkyl halides is 1. The molecule has 2 unspecified atom stereocenters. The third kappa shape index (κ3) is 3.82. The molecule has 0 fully saturated rings. The molecule has 2 aromatic carbocycles. The van der Waals surface area contributed by atoms with Gasteiger partial charge in [-0.1, -0.05) is 13.8 Å². The summed E-state index contributed by atoms with van der Waals surface area (Å²) in [5, 5.41) is 44.4. The molecule has 1 heterocycles. The average molecular weight is 490 g/mol. The van der Waals surface area contributed by atoms with Gasteiger partial charge in [0, 0.05) is 23.5 Å². The van der Waals surface area contributed by atoms with Gasteiger partial charge in [-0.2, -0.15) is 0 Å². The van der Waals surface area contributed by atoms with Crippen molar-refractivity contribution in [3.63, 3.8) is 0 Å². The number of hydrogen-bond acceptors (Lipinski definition) is 9. The Morgan fingerprint density at radius 1 is 1.00 bits per heavy atom. The van der Waals surface area contributed by atoms with E-state index in [1.165, 1.54) is 14.0 Å². The topological polar surface area (TPSA) is 151 Å². The molecule has 0 aliphatic carbocycles. The second-order valence-corrected chi connectivity index (χ2v) is 8.36. The summed E-state index contributed by atoms with van der Waals surface area (Å²) in [5.41, 5.74) is -2.24. The molecule has 0 bridgehead atoms. The lowest BCUT2D eigenvalue weighted by Gasteiger charge is -2.30. The van der Waals surface area contributed by atoms with Crippen molar-refractivity contribution in [3.05, 3.63) is 22.3 Å². The third-order valence-corrected chi connectivity index (χ3v) is 6.22. The summed E-state index contributed by atoms with van der Waals surface area (Å²) in [6.07, 6.45) is -1.71. The first-order valence-corrected chi connectivity index (χ1v) is 11.1. The lowest BCUT2D eigenvalue weighted by Crippen LogP contribution is -2.34. The number of Topliss-reactive ketones (excluding diaryl/α,β-unsaturated/α-hetero) is 2. The minimum atomic E-state index is -2.17.